The Bertz CT molecular complexity index is 322. The smallest absolute Gasteiger partial charge is 0.324 e. The molecule has 0 amide bonds. The van der Waals surface area contributed by atoms with Crippen LogP contribution in [0.4, 0.5) is 0 Å². The van der Waals surface area contributed by atoms with Crippen LogP contribution in [-0.4, -0.2) is 14.8 Å². The fourth-order valence-corrected chi connectivity index (χ4v) is 1.35. The molecule has 1 saturated carbocycles. The van der Waals surface area contributed by atoms with Gasteiger partial charge in [0.05, 0.1) is 12.6 Å². The first kappa shape index (κ1) is 7.54. The molecule has 1 aliphatic rings. The van der Waals surface area contributed by atoms with Crippen LogP contribution in [0.3, 0.4) is 0 Å². The van der Waals surface area contributed by atoms with Crippen molar-refractivity contribution in [2.24, 2.45) is 5.73 Å². The van der Waals surface area contributed by atoms with Crippen LogP contribution in [0.2, 0.25) is 0 Å². The van der Waals surface area contributed by atoms with Gasteiger partial charge >= 0.3 is 5.69 Å². The van der Waals surface area contributed by atoms with E-state index in [0.29, 0.717) is 18.4 Å². The van der Waals surface area contributed by atoms with E-state index in [4.69, 9.17) is 5.73 Å². The molecule has 5 heteroatoms. The lowest BCUT2D eigenvalue weighted by atomic mass is 9.93. The number of nitrogens with zero attached hydrogens (tertiary/aromatic N) is 2. The van der Waals surface area contributed by atoms with E-state index in [1.54, 1.807) is 0 Å². The molecule has 12 heavy (non-hydrogen) atoms. The molecule has 0 aliphatic heterocycles. The van der Waals surface area contributed by atoms with Gasteiger partial charge in [-0.15, -0.1) is 0 Å². The highest BCUT2D eigenvalue weighted by Crippen LogP contribution is 2.29. The lowest BCUT2D eigenvalue weighted by Gasteiger charge is -2.24. The SMILES string of the molecule is NCc1nn(C2CCC2)c(=O)[nH]1. The first-order valence-electron chi connectivity index (χ1n) is 4.19. The van der Waals surface area contributed by atoms with Gasteiger partial charge in [0.1, 0.15) is 5.82 Å². The summed E-state index contributed by atoms with van der Waals surface area (Å²) < 4.78 is 1.52. The van der Waals surface area contributed by atoms with Crippen LogP contribution in [-0.2, 0) is 6.54 Å². The third kappa shape index (κ3) is 1.06. The van der Waals surface area contributed by atoms with Crippen molar-refractivity contribution in [1.82, 2.24) is 14.8 Å². The van der Waals surface area contributed by atoms with Crippen molar-refractivity contribution in [3.05, 3.63) is 16.3 Å². The molecule has 1 aromatic rings. The van der Waals surface area contributed by atoms with E-state index in [-0.39, 0.29) is 5.69 Å². The van der Waals surface area contributed by atoms with Gasteiger partial charge in [-0.25, -0.2) is 9.48 Å². The molecule has 0 saturated heterocycles. The summed E-state index contributed by atoms with van der Waals surface area (Å²) in [5, 5.41) is 4.07. The summed E-state index contributed by atoms with van der Waals surface area (Å²) in [6.45, 7) is 0.301. The number of hydrogen-bond donors (Lipinski definition) is 2. The van der Waals surface area contributed by atoms with E-state index in [2.05, 4.69) is 10.1 Å². The Hall–Kier alpha value is -1.10. The Morgan fingerprint density at radius 3 is 2.83 bits per heavy atom. The second kappa shape index (κ2) is 2.75. The molecule has 2 rings (SSSR count). The standard InChI is InChI=1S/C7H12N4O/c8-4-6-9-7(12)11(10-6)5-2-1-3-5/h5H,1-4,8H2,(H,9,10,12). The minimum absolute atomic E-state index is 0.125. The van der Waals surface area contributed by atoms with E-state index in [0.717, 1.165) is 12.8 Å². The molecule has 1 aliphatic carbocycles. The first-order chi connectivity index (χ1) is 5.81. The number of rotatable bonds is 2. The second-order valence-corrected chi connectivity index (χ2v) is 3.11. The minimum Gasteiger partial charge on any atom is -0.324 e. The lowest BCUT2D eigenvalue weighted by molar-refractivity contribution is 0.281. The summed E-state index contributed by atoms with van der Waals surface area (Å²) in [5.41, 5.74) is 5.22. The maximum atomic E-state index is 11.2. The van der Waals surface area contributed by atoms with Gasteiger partial charge in [0.25, 0.3) is 0 Å². The largest absolute Gasteiger partial charge is 0.343 e. The van der Waals surface area contributed by atoms with Crippen LogP contribution in [0.15, 0.2) is 4.79 Å². The monoisotopic (exact) mass is 168 g/mol. The van der Waals surface area contributed by atoms with Crippen LogP contribution in [0.25, 0.3) is 0 Å². The second-order valence-electron chi connectivity index (χ2n) is 3.11. The van der Waals surface area contributed by atoms with E-state index < -0.39 is 0 Å². The average Bonchev–Trinajstić information content (AvgIpc) is 2.29. The van der Waals surface area contributed by atoms with Gasteiger partial charge < -0.3 is 5.73 Å². The molecule has 0 bridgehead atoms. The van der Waals surface area contributed by atoms with Gasteiger partial charge in [-0.2, -0.15) is 5.10 Å². The zero-order chi connectivity index (χ0) is 8.55. The minimum atomic E-state index is -0.125. The number of aromatic amines is 1. The molecule has 0 unspecified atom stereocenters. The third-order valence-electron chi connectivity index (χ3n) is 2.30. The van der Waals surface area contributed by atoms with E-state index in [1.807, 2.05) is 0 Å². The predicted molar refractivity (Wildman–Crippen MR) is 43.6 cm³/mol. The molecule has 0 atom stereocenters. The number of nitrogens with two attached hydrogens (primary N) is 1. The lowest BCUT2D eigenvalue weighted by Crippen LogP contribution is -2.27. The Labute approximate surface area is 69.6 Å². The normalized spacial score (nSPS) is 17.8. The van der Waals surface area contributed by atoms with Crippen LogP contribution < -0.4 is 11.4 Å². The molecule has 66 valence electrons. The first-order valence-corrected chi connectivity index (χ1v) is 4.19. The van der Waals surface area contributed by atoms with Crippen LogP contribution >= 0.6 is 0 Å². The summed E-state index contributed by atoms with van der Waals surface area (Å²) in [5.74, 6) is 0.576. The van der Waals surface area contributed by atoms with Gasteiger partial charge in [-0.1, -0.05) is 0 Å². The van der Waals surface area contributed by atoms with Crippen LogP contribution in [0, 0.1) is 0 Å². The van der Waals surface area contributed by atoms with Gasteiger partial charge in [0, 0.05) is 0 Å². The zero-order valence-electron chi connectivity index (χ0n) is 6.79. The highest BCUT2D eigenvalue weighted by atomic mass is 16.2. The molecular formula is C7H12N4O. The van der Waals surface area contributed by atoms with Crippen molar-refractivity contribution < 1.29 is 0 Å². The Kier molecular flexibility index (Phi) is 1.73. The van der Waals surface area contributed by atoms with Crippen LogP contribution in [0.1, 0.15) is 31.1 Å². The highest BCUT2D eigenvalue weighted by molar-refractivity contribution is 4.85. The molecule has 1 aromatic heterocycles. The number of H-pyrrole nitrogens is 1. The molecule has 0 aromatic carbocycles. The van der Waals surface area contributed by atoms with Crippen molar-refractivity contribution in [1.29, 1.82) is 0 Å². The van der Waals surface area contributed by atoms with Gasteiger partial charge in [0.2, 0.25) is 0 Å². The summed E-state index contributed by atoms with van der Waals surface area (Å²) in [6.07, 6.45) is 3.32. The predicted octanol–water partition coefficient (Wildman–Crippen LogP) is -0.245. The Balaban J connectivity index is 2.30. The maximum Gasteiger partial charge on any atom is 0.343 e. The summed E-state index contributed by atoms with van der Waals surface area (Å²) in [6, 6.07) is 0.314. The van der Waals surface area contributed by atoms with E-state index >= 15 is 0 Å². The fourth-order valence-electron chi connectivity index (χ4n) is 1.35. The quantitative estimate of drug-likeness (QED) is 0.639. The molecular weight excluding hydrogens is 156 g/mol. The number of hydrogen-bond acceptors (Lipinski definition) is 3. The molecule has 3 N–H and O–H groups in total. The van der Waals surface area contributed by atoms with Gasteiger partial charge in [0.15, 0.2) is 0 Å². The summed E-state index contributed by atoms with van der Waals surface area (Å²) in [4.78, 5) is 13.8. The van der Waals surface area contributed by atoms with Gasteiger partial charge in [-0.05, 0) is 19.3 Å². The Morgan fingerprint density at radius 1 is 1.67 bits per heavy atom. The van der Waals surface area contributed by atoms with Crippen molar-refractivity contribution in [2.45, 2.75) is 31.8 Å². The highest BCUT2D eigenvalue weighted by Gasteiger charge is 2.22. The summed E-state index contributed by atoms with van der Waals surface area (Å²) in [7, 11) is 0. The van der Waals surface area contributed by atoms with E-state index in [1.165, 1.54) is 11.1 Å². The van der Waals surface area contributed by atoms with Crippen LogP contribution in [0.5, 0.6) is 0 Å². The average molecular weight is 168 g/mol. The topological polar surface area (TPSA) is 76.7 Å². The number of nitrogens with one attached hydrogen (secondary N) is 1. The van der Waals surface area contributed by atoms with Crippen molar-refractivity contribution >= 4 is 0 Å². The van der Waals surface area contributed by atoms with E-state index in [9.17, 15) is 4.79 Å². The van der Waals surface area contributed by atoms with Crippen molar-refractivity contribution in [3.8, 4) is 0 Å². The maximum absolute atomic E-state index is 11.2. The van der Waals surface area contributed by atoms with Crippen molar-refractivity contribution in [3.63, 3.8) is 0 Å². The fraction of sp³-hybridized carbons (Fsp3) is 0.714. The number of aromatic nitrogens is 3. The molecule has 0 radical (unpaired) electrons. The Morgan fingerprint density at radius 2 is 2.42 bits per heavy atom. The summed E-state index contributed by atoms with van der Waals surface area (Å²) >= 11 is 0. The molecule has 0 spiro atoms. The third-order valence-corrected chi connectivity index (χ3v) is 2.30. The van der Waals surface area contributed by atoms with Crippen molar-refractivity contribution in [2.75, 3.05) is 0 Å². The zero-order valence-corrected chi connectivity index (χ0v) is 6.79. The van der Waals surface area contributed by atoms with Gasteiger partial charge in [-0.3, -0.25) is 4.98 Å². The molecule has 1 fully saturated rings. The molecule has 1 heterocycles. The molecule has 5 nitrogen and oxygen atoms in total.